The van der Waals surface area contributed by atoms with Crippen LogP contribution < -0.4 is 5.11 Å². The van der Waals surface area contributed by atoms with Gasteiger partial charge in [-0.3, -0.25) is 0 Å². The minimum absolute atomic E-state index is 0.201. The number of carboxylic acid groups (broad SMARTS) is 1. The van der Waals surface area contributed by atoms with Crippen molar-refractivity contribution in [1.29, 1.82) is 0 Å². The fourth-order valence-corrected chi connectivity index (χ4v) is 0.937. The van der Waals surface area contributed by atoms with Crippen LogP contribution in [0.2, 0.25) is 0 Å². The van der Waals surface area contributed by atoms with Gasteiger partial charge in [-0.15, -0.1) is 0 Å². The van der Waals surface area contributed by atoms with Gasteiger partial charge >= 0.3 is 0 Å². The average Bonchev–Trinajstić information content (AvgIpc) is 1.94. The number of nitrogens with zero attached hydrogens (tertiary/aromatic N) is 1. The predicted octanol–water partition coefficient (Wildman–Crippen LogP) is 1.01. The molecule has 0 radical (unpaired) electrons. The van der Waals surface area contributed by atoms with Gasteiger partial charge < -0.3 is 14.4 Å². The van der Waals surface area contributed by atoms with Gasteiger partial charge in [0.1, 0.15) is 0 Å². The van der Waals surface area contributed by atoms with Crippen LogP contribution in [-0.4, -0.2) is 44.0 Å². The second-order valence-electron chi connectivity index (χ2n) is 4.55. The predicted molar refractivity (Wildman–Crippen MR) is 61.2 cm³/mol. The molecule has 4 heteroatoms. The smallest absolute Gasteiger partial charge is 0.0675 e. The Morgan fingerprint density at radius 1 is 1.14 bits per heavy atom. The molecular formula is C10H22BrNO2. The van der Waals surface area contributed by atoms with E-state index in [1.807, 2.05) is 0 Å². The molecule has 86 valence electrons. The summed E-state index contributed by atoms with van der Waals surface area (Å²) in [7, 11) is 8.50. The second-order valence-corrected chi connectivity index (χ2v) is 5.35. The van der Waals surface area contributed by atoms with Crippen molar-refractivity contribution >= 4 is 21.9 Å². The van der Waals surface area contributed by atoms with Crippen LogP contribution in [0.5, 0.6) is 0 Å². The highest BCUT2D eigenvalue weighted by Gasteiger charge is 1.88. The molecule has 0 fully saturated rings. The molecule has 0 amide bonds. The zero-order chi connectivity index (χ0) is 11.6. The van der Waals surface area contributed by atoms with Gasteiger partial charge in [-0.2, -0.15) is 0 Å². The van der Waals surface area contributed by atoms with Crippen molar-refractivity contribution < 1.29 is 14.4 Å². The van der Waals surface area contributed by atoms with Crippen molar-refractivity contribution in [2.45, 2.75) is 25.7 Å². The number of quaternary nitrogens is 1. The van der Waals surface area contributed by atoms with Gasteiger partial charge in [0.05, 0.1) is 28.2 Å². The molecule has 3 nitrogen and oxygen atoms in total. The molecule has 14 heavy (non-hydrogen) atoms. The number of unbranched alkanes of at least 4 members (excludes halogenated alkanes) is 2. The van der Waals surface area contributed by atoms with Crippen LogP contribution >= 0.6 is 15.9 Å². The maximum atomic E-state index is 9.84. The fraction of sp³-hybridized carbons (Fsp3) is 0.900. The highest BCUT2D eigenvalue weighted by Crippen LogP contribution is 2.00. The topological polar surface area (TPSA) is 40.1 Å². The Morgan fingerprint density at radius 2 is 1.57 bits per heavy atom. The molecule has 0 rings (SSSR count). The minimum Gasteiger partial charge on any atom is -0.550 e. The normalized spacial score (nSPS) is 10.4. The number of halogens is 1. The lowest BCUT2D eigenvalue weighted by atomic mass is 10.2. The number of aliphatic carboxylic acids is 1. The highest BCUT2D eigenvalue weighted by atomic mass is 79.9. The molecule has 0 aliphatic carbocycles. The standard InChI is InChI=1S/C6H11BrO2.C4H12N/c7-5-3-1-2-4-6(8)9;1-5(2,3)4/h1-5H2,(H,8,9);1-4H3/q;+1/p-1. The van der Waals surface area contributed by atoms with Crippen molar-refractivity contribution in [3.05, 3.63) is 0 Å². The van der Waals surface area contributed by atoms with E-state index >= 15 is 0 Å². The molecular weight excluding hydrogens is 246 g/mol. The molecule has 0 atom stereocenters. The van der Waals surface area contributed by atoms with Crippen LogP contribution in [0.15, 0.2) is 0 Å². The minimum atomic E-state index is -0.940. The molecule has 0 spiro atoms. The molecule has 0 aromatic heterocycles. The lowest BCUT2D eigenvalue weighted by molar-refractivity contribution is -0.849. The van der Waals surface area contributed by atoms with Crippen molar-refractivity contribution in [1.82, 2.24) is 0 Å². The lowest BCUT2D eigenvalue weighted by Crippen LogP contribution is -2.27. The SMILES string of the molecule is C[N+](C)(C)C.O=C([O-])CCCCCBr. The number of rotatable bonds is 5. The summed E-state index contributed by atoms with van der Waals surface area (Å²) in [5, 5.41) is 10.8. The van der Waals surface area contributed by atoms with Gasteiger partial charge in [0.15, 0.2) is 0 Å². The van der Waals surface area contributed by atoms with Crippen LogP contribution in [0, 0.1) is 0 Å². The zero-order valence-electron chi connectivity index (χ0n) is 9.68. The summed E-state index contributed by atoms with van der Waals surface area (Å²) in [6, 6.07) is 0. The number of alkyl halides is 1. The molecule has 0 aliphatic rings. The molecule has 0 saturated carbocycles. The quantitative estimate of drug-likeness (QED) is 0.424. The monoisotopic (exact) mass is 267 g/mol. The van der Waals surface area contributed by atoms with Crippen molar-refractivity contribution in [3.8, 4) is 0 Å². The summed E-state index contributed by atoms with van der Waals surface area (Å²) in [4.78, 5) is 9.84. The van der Waals surface area contributed by atoms with E-state index in [2.05, 4.69) is 44.1 Å². The van der Waals surface area contributed by atoms with Crippen molar-refractivity contribution in [3.63, 3.8) is 0 Å². The zero-order valence-corrected chi connectivity index (χ0v) is 11.3. The Labute approximate surface area is 95.8 Å². The summed E-state index contributed by atoms with van der Waals surface area (Å²) in [5.41, 5.74) is 0. The first-order chi connectivity index (χ1) is 6.27. The maximum absolute atomic E-state index is 9.84. The molecule has 0 aliphatic heterocycles. The van der Waals surface area contributed by atoms with Gasteiger partial charge in [-0.25, -0.2) is 0 Å². The third kappa shape index (κ3) is 40.6. The Hall–Kier alpha value is -0.0900. The van der Waals surface area contributed by atoms with Gasteiger partial charge in [0.25, 0.3) is 0 Å². The Kier molecular flexibility index (Phi) is 11.0. The van der Waals surface area contributed by atoms with Gasteiger partial charge in [-0.1, -0.05) is 22.4 Å². The summed E-state index contributed by atoms with van der Waals surface area (Å²) < 4.78 is 1.00. The molecule has 0 bridgehead atoms. The highest BCUT2D eigenvalue weighted by molar-refractivity contribution is 9.09. The van der Waals surface area contributed by atoms with E-state index in [1.54, 1.807) is 0 Å². The summed E-state index contributed by atoms with van der Waals surface area (Å²) in [5.74, 6) is -0.940. The van der Waals surface area contributed by atoms with E-state index in [1.165, 1.54) is 0 Å². The number of hydrogen-bond donors (Lipinski definition) is 0. The number of hydrogen-bond acceptors (Lipinski definition) is 2. The third-order valence-corrected chi connectivity index (χ3v) is 1.58. The van der Waals surface area contributed by atoms with Crippen LogP contribution in [0.1, 0.15) is 25.7 Å². The van der Waals surface area contributed by atoms with Gasteiger partial charge in [-0.05, 0) is 19.3 Å². The van der Waals surface area contributed by atoms with E-state index in [0.717, 1.165) is 29.1 Å². The first-order valence-corrected chi connectivity index (χ1v) is 5.94. The molecule has 0 heterocycles. The number of carboxylic acids is 1. The van der Waals surface area contributed by atoms with Crippen molar-refractivity contribution in [2.24, 2.45) is 0 Å². The van der Waals surface area contributed by atoms with Gasteiger partial charge in [0, 0.05) is 11.3 Å². The number of carbonyl (C=O) groups excluding carboxylic acids is 1. The Morgan fingerprint density at radius 3 is 1.86 bits per heavy atom. The van der Waals surface area contributed by atoms with E-state index in [0.29, 0.717) is 0 Å². The molecule has 0 aromatic carbocycles. The average molecular weight is 268 g/mol. The maximum Gasteiger partial charge on any atom is 0.0675 e. The van der Waals surface area contributed by atoms with Crippen molar-refractivity contribution in [2.75, 3.05) is 33.5 Å². The Balaban J connectivity index is 0. The van der Waals surface area contributed by atoms with E-state index in [4.69, 9.17) is 0 Å². The van der Waals surface area contributed by atoms with E-state index < -0.39 is 5.97 Å². The molecule has 0 unspecified atom stereocenters. The fourth-order valence-electron chi connectivity index (χ4n) is 0.541. The molecule has 0 aromatic rings. The summed E-state index contributed by atoms with van der Waals surface area (Å²) in [6.07, 6.45) is 2.97. The van der Waals surface area contributed by atoms with Crippen LogP contribution in [-0.2, 0) is 4.79 Å². The first-order valence-electron chi connectivity index (χ1n) is 4.82. The second kappa shape index (κ2) is 9.46. The largest absolute Gasteiger partial charge is 0.550 e. The molecule has 0 saturated heterocycles. The molecule has 0 N–H and O–H groups in total. The summed E-state index contributed by atoms with van der Waals surface area (Å²) >= 11 is 3.25. The van der Waals surface area contributed by atoms with Crippen LogP contribution in [0.25, 0.3) is 0 Å². The van der Waals surface area contributed by atoms with E-state index in [9.17, 15) is 9.90 Å². The summed E-state index contributed by atoms with van der Waals surface area (Å²) in [6.45, 7) is 0. The van der Waals surface area contributed by atoms with E-state index in [-0.39, 0.29) is 6.42 Å². The van der Waals surface area contributed by atoms with Crippen LogP contribution in [0.4, 0.5) is 0 Å². The van der Waals surface area contributed by atoms with Crippen LogP contribution in [0.3, 0.4) is 0 Å². The number of carbonyl (C=O) groups is 1. The first kappa shape index (κ1) is 16.3. The Bertz CT molecular complexity index is 138. The lowest BCUT2D eigenvalue weighted by Gasteiger charge is -2.14. The third-order valence-electron chi connectivity index (χ3n) is 1.01. The van der Waals surface area contributed by atoms with Gasteiger partial charge in [0.2, 0.25) is 0 Å².